The Hall–Kier alpha value is -2.81. The smallest absolute Gasteiger partial charge is 0.128 e. The number of pyridine rings is 1. The van der Waals surface area contributed by atoms with Crippen LogP contribution in [-0.4, -0.2) is 4.98 Å². The molecule has 0 saturated heterocycles. The molecule has 0 bridgehead atoms. The highest BCUT2D eigenvalue weighted by atomic mass is 15.0. The maximum Gasteiger partial charge on any atom is 0.128 e. The standard InChI is InChI=1S/C18H17N3/c19-16-11-12-20-17(13-16)21-18(14-7-3-1-4-8-14)15-9-5-2-6-10-15/h1-13,18H,(H3,19,20,21). The van der Waals surface area contributed by atoms with Crippen LogP contribution in [0, 0.1) is 0 Å². The minimum absolute atomic E-state index is 0.0432. The Morgan fingerprint density at radius 2 is 1.38 bits per heavy atom. The summed E-state index contributed by atoms with van der Waals surface area (Å²) in [5.41, 5.74) is 8.91. The zero-order valence-electron chi connectivity index (χ0n) is 11.6. The molecule has 0 unspecified atom stereocenters. The van der Waals surface area contributed by atoms with Crippen LogP contribution in [0.4, 0.5) is 11.5 Å². The maximum atomic E-state index is 5.83. The van der Waals surface area contributed by atoms with Crippen LogP contribution in [0.2, 0.25) is 0 Å². The van der Waals surface area contributed by atoms with Crippen LogP contribution in [0.3, 0.4) is 0 Å². The van der Waals surface area contributed by atoms with E-state index in [1.54, 1.807) is 12.3 Å². The van der Waals surface area contributed by atoms with Gasteiger partial charge in [-0.3, -0.25) is 0 Å². The van der Waals surface area contributed by atoms with Crippen molar-refractivity contribution in [2.45, 2.75) is 6.04 Å². The molecule has 0 amide bonds. The molecule has 3 heteroatoms. The van der Waals surface area contributed by atoms with E-state index in [2.05, 4.69) is 34.6 Å². The lowest BCUT2D eigenvalue weighted by atomic mass is 9.99. The van der Waals surface area contributed by atoms with Crippen molar-refractivity contribution in [3.8, 4) is 0 Å². The van der Waals surface area contributed by atoms with Crippen molar-refractivity contribution in [1.82, 2.24) is 4.98 Å². The monoisotopic (exact) mass is 275 g/mol. The fourth-order valence-corrected chi connectivity index (χ4v) is 2.32. The number of benzene rings is 2. The number of nitrogens with one attached hydrogen (secondary N) is 1. The molecule has 2 aromatic carbocycles. The van der Waals surface area contributed by atoms with Crippen molar-refractivity contribution in [2.24, 2.45) is 0 Å². The van der Waals surface area contributed by atoms with Crippen molar-refractivity contribution >= 4 is 11.5 Å². The number of rotatable bonds is 4. The first-order valence-corrected chi connectivity index (χ1v) is 6.91. The molecule has 0 fully saturated rings. The van der Waals surface area contributed by atoms with Crippen molar-refractivity contribution < 1.29 is 0 Å². The molecule has 0 aliphatic heterocycles. The van der Waals surface area contributed by atoms with Gasteiger partial charge in [0.05, 0.1) is 6.04 Å². The second-order valence-corrected chi connectivity index (χ2v) is 4.87. The van der Waals surface area contributed by atoms with E-state index in [-0.39, 0.29) is 6.04 Å². The highest BCUT2D eigenvalue weighted by molar-refractivity contribution is 5.51. The first kappa shape index (κ1) is 13.2. The summed E-state index contributed by atoms with van der Waals surface area (Å²) in [6.07, 6.45) is 1.71. The van der Waals surface area contributed by atoms with Gasteiger partial charge in [0.15, 0.2) is 0 Å². The third-order valence-corrected chi connectivity index (χ3v) is 3.34. The number of nitrogen functional groups attached to an aromatic ring is 1. The number of nitrogens with two attached hydrogens (primary N) is 1. The maximum absolute atomic E-state index is 5.83. The van der Waals surface area contributed by atoms with Crippen LogP contribution < -0.4 is 11.1 Å². The lowest BCUT2D eigenvalue weighted by Gasteiger charge is -2.20. The Balaban J connectivity index is 1.97. The van der Waals surface area contributed by atoms with Crippen LogP contribution >= 0.6 is 0 Å². The summed E-state index contributed by atoms with van der Waals surface area (Å²) in [7, 11) is 0. The van der Waals surface area contributed by atoms with Crippen LogP contribution in [0.25, 0.3) is 0 Å². The van der Waals surface area contributed by atoms with Crippen molar-refractivity contribution in [2.75, 3.05) is 11.1 Å². The molecular weight excluding hydrogens is 258 g/mol. The van der Waals surface area contributed by atoms with E-state index >= 15 is 0 Å². The van der Waals surface area contributed by atoms with Gasteiger partial charge < -0.3 is 11.1 Å². The highest BCUT2D eigenvalue weighted by Crippen LogP contribution is 2.26. The molecule has 3 nitrogen and oxygen atoms in total. The summed E-state index contributed by atoms with van der Waals surface area (Å²) in [5.74, 6) is 0.771. The van der Waals surface area contributed by atoms with E-state index < -0.39 is 0 Å². The number of anilines is 2. The molecule has 3 rings (SSSR count). The molecule has 0 spiro atoms. The average Bonchev–Trinajstić information content (AvgIpc) is 2.54. The van der Waals surface area contributed by atoms with Crippen molar-refractivity contribution in [3.05, 3.63) is 90.1 Å². The van der Waals surface area contributed by atoms with Gasteiger partial charge in [-0.25, -0.2) is 4.98 Å². The molecule has 1 aromatic heterocycles. The second-order valence-electron chi connectivity index (χ2n) is 4.87. The van der Waals surface area contributed by atoms with Crippen LogP contribution in [0.1, 0.15) is 17.2 Å². The zero-order valence-corrected chi connectivity index (χ0v) is 11.6. The Labute approximate surface area is 124 Å². The van der Waals surface area contributed by atoms with Crippen molar-refractivity contribution in [1.29, 1.82) is 0 Å². The van der Waals surface area contributed by atoms with Gasteiger partial charge in [-0.2, -0.15) is 0 Å². The Morgan fingerprint density at radius 1 is 0.810 bits per heavy atom. The van der Waals surface area contributed by atoms with Crippen LogP contribution in [0.15, 0.2) is 79.0 Å². The normalized spacial score (nSPS) is 10.5. The fraction of sp³-hybridized carbons (Fsp3) is 0.0556. The Morgan fingerprint density at radius 3 is 1.90 bits per heavy atom. The van der Waals surface area contributed by atoms with Gasteiger partial charge in [0, 0.05) is 18.0 Å². The van der Waals surface area contributed by atoms with E-state index in [0.717, 1.165) is 5.82 Å². The predicted octanol–water partition coefficient (Wildman–Crippen LogP) is 3.87. The topological polar surface area (TPSA) is 50.9 Å². The fourth-order valence-electron chi connectivity index (χ4n) is 2.32. The predicted molar refractivity (Wildman–Crippen MR) is 87.0 cm³/mol. The van der Waals surface area contributed by atoms with Crippen molar-refractivity contribution in [3.63, 3.8) is 0 Å². The molecule has 21 heavy (non-hydrogen) atoms. The molecule has 0 radical (unpaired) electrons. The lowest BCUT2D eigenvalue weighted by Crippen LogP contribution is -2.13. The molecule has 3 aromatic rings. The van der Waals surface area contributed by atoms with Gasteiger partial charge in [-0.15, -0.1) is 0 Å². The molecule has 0 atom stereocenters. The van der Waals surface area contributed by atoms with Gasteiger partial charge in [-0.1, -0.05) is 60.7 Å². The molecular formula is C18H17N3. The molecule has 3 N–H and O–H groups in total. The molecule has 0 aliphatic carbocycles. The highest BCUT2D eigenvalue weighted by Gasteiger charge is 2.13. The van der Waals surface area contributed by atoms with Gasteiger partial charge >= 0.3 is 0 Å². The molecule has 0 saturated carbocycles. The average molecular weight is 275 g/mol. The van der Waals surface area contributed by atoms with E-state index in [0.29, 0.717) is 5.69 Å². The number of hydrogen-bond acceptors (Lipinski definition) is 3. The summed E-state index contributed by atoms with van der Waals surface area (Å²) in [6.45, 7) is 0. The summed E-state index contributed by atoms with van der Waals surface area (Å²) >= 11 is 0. The number of nitrogens with zero attached hydrogens (tertiary/aromatic N) is 1. The first-order valence-electron chi connectivity index (χ1n) is 6.91. The van der Waals surface area contributed by atoms with Crippen LogP contribution in [-0.2, 0) is 0 Å². The SMILES string of the molecule is Nc1ccnc(NC(c2ccccc2)c2ccccc2)c1. The second kappa shape index (κ2) is 6.09. The Bertz CT molecular complexity index is 656. The van der Waals surface area contributed by atoms with Gasteiger partial charge in [-0.05, 0) is 17.2 Å². The minimum Gasteiger partial charge on any atom is -0.399 e. The summed E-state index contributed by atoms with van der Waals surface area (Å²) in [5, 5.41) is 3.46. The van der Waals surface area contributed by atoms with E-state index in [9.17, 15) is 0 Å². The van der Waals surface area contributed by atoms with E-state index in [1.165, 1.54) is 11.1 Å². The van der Waals surface area contributed by atoms with Gasteiger partial charge in [0.25, 0.3) is 0 Å². The Kier molecular flexibility index (Phi) is 3.83. The largest absolute Gasteiger partial charge is 0.399 e. The van der Waals surface area contributed by atoms with Gasteiger partial charge in [0.2, 0.25) is 0 Å². The third-order valence-electron chi connectivity index (χ3n) is 3.34. The molecule has 0 aliphatic rings. The molecule has 1 heterocycles. The lowest BCUT2D eigenvalue weighted by molar-refractivity contribution is 0.927. The summed E-state index contributed by atoms with van der Waals surface area (Å²) in [6, 6.07) is 24.3. The van der Waals surface area contributed by atoms with E-state index in [4.69, 9.17) is 5.73 Å². The van der Waals surface area contributed by atoms with Crippen LogP contribution in [0.5, 0.6) is 0 Å². The number of hydrogen-bond donors (Lipinski definition) is 2. The van der Waals surface area contributed by atoms with E-state index in [1.807, 2.05) is 42.5 Å². The number of aromatic nitrogens is 1. The summed E-state index contributed by atoms with van der Waals surface area (Å²) < 4.78 is 0. The zero-order chi connectivity index (χ0) is 14.5. The third kappa shape index (κ3) is 3.20. The minimum atomic E-state index is 0.0432. The summed E-state index contributed by atoms with van der Waals surface area (Å²) in [4.78, 5) is 4.34. The molecule has 104 valence electrons. The first-order chi connectivity index (χ1) is 10.3. The quantitative estimate of drug-likeness (QED) is 0.760. The van der Waals surface area contributed by atoms with Gasteiger partial charge in [0.1, 0.15) is 5.82 Å².